The second-order valence-electron chi connectivity index (χ2n) is 3.69. The second-order valence-corrected chi connectivity index (χ2v) is 3.69. The third-order valence-electron chi connectivity index (χ3n) is 2.22. The Hall–Kier alpha value is -1.57. The van der Waals surface area contributed by atoms with Gasteiger partial charge in [-0.25, -0.2) is 9.48 Å². The van der Waals surface area contributed by atoms with Crippen molar-refractivity contribution in [1.82, 2.24) is 15.0 Å². The Morgan fingerprint density at radius 3 is 2.83 bits per heavy atom. The molecule has 1 aromatic heterocycles. The third kappa shape index (κ3) is 3.46. The van der Waals surface area contributed by atoms with Crippen LogP contribution >= 0.6 is 0 Å². The number of hydrogen-bond acceptors (Lipinski definition) is 5. The molecule has 18 heavy (non-hydrogen) atoms. The van der Waals surface area contributed by atoms with Crippen LogP contribution < -0.4 is 0 Å². The van der Waals surface area contributed by atoms with Crippen molar-refractivity contribution in [1.29, 1.82) is 0 Å². The lowest BCUT2D eigenvalue weighted by Crippen LogP contribution is -2.35. The topological polar surface area (TPSA) is 77.2 Å². The predicted molar refractivity (Wildman–Crippen MR) is 56.9 cm³/mol. The number of esters is 1. The SMILES string of the molecule is CCOC(=O)C(F)(F)Cn1cc(C(O)CC)nn1. The lowest BCUT2D eigenvalue weighted by molar-refractivity contribution is -0.173. The van der Waals surface area contributed by atoms with E-state index in [4.69, 9.17) is 0 Å². The molecule has 0 aliphatic carbocycles. The number of alkyl halides is 2. The van der Waals surface area contributed by atoms with Gasteiger partial charge in [0.15, 0.2) is 0 Å². The highest BCUT2D eigenvalue weighted by atomic mass is 19.3. The van der Waals surface area contributed by atoms with Gasteiger partial charge in [-0.05, 0) is 13.3 Å². The van der Waals surface area contributed by atoms with Gasteiger partial charge in [0.25, 0.3) is 0 Å². The molecular weight excluding hydrogens is 248 g/mol. The van der Waals surface area contributed by atoms with Gasteiger partial charge >= 0.3 is 11.9 Å². The van der Waals surface area contributed by atoms with Gasteiger partial charge in [-0.3, -0.25) is 0 Å². The molecule has 6 nitrogen and oxygen atoms in total. The van der Waals surface area contributed by atoms with E-state index in [2.05, 4.69) is 15.0 Å². The molecule has 1 atom stereocenters. The fraction of sp³-hybridized carbons (Fsp3) is 0.700. The van der Waals surface area contributed by atoms with Crippen molar-refractivity contribution >= 4 is 5.97 Å². The van der Waals surface area contributed by atoms with Crippen LogP contribution in [0, 0.1) is 0 Å². The summed E-state index contributed by atoms with van der Waals surface area (Å²) < 4.78 is 31.8. The van der Waals surface area contributed by atoms with Crippen LogP contribution in [0.1, 0.15) is 32.1 Å². The number of nitrogens with zero attached hydrogens (tertiary/aromatic N) is 3. The highest BCUT2D eigenvalue weighted by Crippen LogP contribution is 2.19. The maximum absolute atomic E-state index is 13.4. The molecule has 1 aromatic rings. The van der Waals surface area contributed by atoms with Gasteiger partial charge in [0, 0.05) is 0 Å². The first-order chi connectivity index (χ1) is 8.40. The lowest BCUT2D eigenvalue weighted by Gasteiger charge is -2.13. The molecule has 8 heteroatoms. The average Bonchev–Trinajstić information content (AvgIpc) is 2.76. The molecule has 0 aliphatic heterocycles. The molecule has 0 radical (unpaired) electrons. The highest BCUT2D eigenvalue weighted by molar-refractivity contribution is 5.77. The number of ether oxygens (including phenoxy) is 1. The van der Waals surface area contributed by atoms with Crippen LogP contribution in [0.5, 0.6) is 0 Å². The molecule has 0 fully saturated rings. The minimum Gasteiger partial charge on any atom is -0.462 e. The third-order valence-corrected chi connectivity index (χ3v) is 2.22. The summed E-state index contributed by atoms with van der Waals surface area (Å²) in [5.41, 5.74) is 0.192. The largest absolute Gasteiger partial charge is 0.462 e. The number of aliphatic hydroxyl groups excluding tert-OH is 1. The zero-order chi connectivity index (χ0) is 13.8. The van der Waals surface area contributed by atoms with Crippen molar-refractivity contribution in [2.45, 2.75) is 38.8 Å². The molecule has 0 amide bonds. The molecule has 0 saturated heterocycles. The molecule has 1 unspecified atom stereocenters. The van der Waals surface area contributed by atoms with E-state index in [1.165, 1.54) is 13.1 Å². The first-order valence-electron chi connectivity index (χ1n) is 5.53. The van der Waals surface area contributed by atoms with Crippen molar-refractivity contribution < 1.29 is 23.4 Å². The Bertz CT molecular complexity index is 409. The van der Waals surface area contributed by atoms with Crippen molar-refractivity contribution in [2.75, 3.05) is 6.61 Å². The van der Waals surface area contributed by atoms with E-state index in [0.29, 0.717) is 6.42 Å². The number of halogens is 2. The van der Waals surface area contributed by atoms with Gasteiger partial charge < -0.3 is 9.84 Å². The maximum Gasteiger partial charge on any atom is 0.379 e. The summed E-state index contributed by atoms with van der Waals surface area (Å²) in [5.74, 6) is -5.27. The van der Waals surface area contributed by atoms with Gasteiger partial charge in [-0.15, -0.1) is 5.10 Å². The van der Waals surface area contributed by atoms with Gasteiger partial charge in [0.1, 0.15) is 12.2 Å². The zero-order valence-corrected chi connectivity index (χ0v) is 10.1. The minimum atomic E-state index is -3.67. The number of rotatable bonds is 6. The summed E-state index contributed by atoms with van der Waals surface area (Å²) in [6, 6.07) is 0. The number of carbonyl (C=O) groups excluding carboxylic acids is 1. The van der Waals surface area contributed by atoms with E-state index in [1.54, 1.807) is 6.92 Å². The fourth-order valence-electron chi connectivity index (χ4n) is 1.26. The van der Waals surface area contributed by atoms with Crippen LogP contribution in [-0.4, -0.2) is 38.6 Å². The molecular formula is C10H15F2N3O3. The summed E-state index contributed by atoms with van der Waals surface area (Å²) in [4.78, 5) is 11.0. The molecule has 1 rings (SSSR count). The fourth-order valence-corrected chi connectivity index (χ4v) is 1.26. The van der Waals surface area contributed by atoms with E-state index in [1.807, 2.05) is 0 Å². The Kier molecular flexibility index (Phi) is 4.71. The summed E-state index contributed by atoms with van der Waals surface area (Å²) >= 11 is 0. The van der Waals surface area contributed by atoms with Crippen molar-refractivity contribution in [3.8, 4) is 0 Å². The highest BCUT2D eigenvalue weighted by Gasteiger charge is 2.41. The molecule has 0 aromatic carbocycles. The first kappa shape index (κ1) is 14.5. The number of hydrogen-bond donors (Lipinski definition) is 1. The minimum absolute atomic E-state index is 0.119. The number of aliphatic hydroxyl groups is 1. The molecule has 0 bridgehead atoms. The number of carbonyl (C=O) groups is 1. The quantitative estimate of drug-likeness (QED) is 0.772. The Labute approximate surface area is 103 Å². The van der Waals surface area contributed by atoms with Crippen molar-refractivity contribution in [2.24, 2.45) is 0 Å². The summed E-state index contributed by atoms with van der Waals surface area (Å²) in [5, 5.41) is 16.4. The predicted octanol–water partition coefficient (Wildman–Crippen LogP) is 0.920. The smallest absolute Gasteiger partial charge is 0.379 e. The maximum atomic E-state index is 13.4. The van der Waals surface area contributed by atoms with Crippen LogP contribution in [0.4, 0.5) is 8.78 Å². The second kappa shape index (κ2) is 5.85. The zero-order valence-electron chi connectivity index (χ0n) is 10.1. The first-order valence-corrected chi connectivity index (χ1v) is 5.53. The van der Waals surface area contributed by atoms with E-state index in [9.17, 15) is 18.7 Å². The normalized spacial score (nSPS) is 13.4. The van der Waals surface area contributed by atoms with Crippen LogP contribution in [0.15, 0.2) is 6.20 Å². The molecule has 0 aliphatic rings. The Balaban J connectivity index is 2.72. The molecule has 1 heterocycles. The molecule has 102 valence electrons. The van der Waals surface area contributed by atoms with Crippen molar-refractivity contribution in [3.05, 3.63) is 11.9 Å². The van der Waals surface area contributed by atoms with Crippen LogP contribution in [-0.2, 0) is 16.1 Å². The van der Waals surface area contributed by atoms with Gasteiger partial charge in [0.2, 0.25) is 0 Å². The summed E-state index contributed by atoms with van der Waals surface area (Å²) in [6.07, 6.45) is 0.726. The van der Waals surface area contributed by atoms with Crippen LogP contribution in [0.2, 0.25) is 0 Å². The van der Waals surface area contributed by atoms with Crippen LogP contribution in [0.3, 0.4) is 0 Å². The number of aromatic nitrogens is 3. The van der Waals surface area contributed by atoms with E-state index >= 15 is 0 Å². The molecule has 0 saturated carbocycles. The average molecular weight is 263 g/mol. The van der Waals surface area contributed by atoms with Crippen LogP contribution in [0.25, 0.3) is 0 Å². The van der Waals surface area contributed by atoms with Gasteiger partial charge in [-0.1, -0.05) is 12.1 Å². The monoisotopic (exact) mass is 263 g/mol. The molecule has 0 spiro atoms. The molecule has 1 N–H and O–H groups in total. The summed E-state index contributed by atoms with van der Waals surface area (Å²) in [7, 11) is 0. The van der Waals surface area contributed by atoms with E-state index < -0.39 is 24.5 Å². The van der Waals surface area contributed by atoms with Gasteiger partial charge in [-0.2, -0.15) is 8.78 Å². The van der Waals surface area contributed by atoms with Crippen molar-refractivity contribution in [3.63, 3.8) is 0 Å². The standard InChI is InChI=1S/C10H15F2N3O3/c1-3-8(16)7-5-15(14-13-7)6-10(11,12)9(17)18-4-2/h5,8,16H,3-4,6H2,1-2H3. The Morgan fingerprint density at radius 1 is 1.61 bits per heavy atom. The Morgan fingerprint density at radius 2 is 2.28 bits per heavy atom. The summed E-state index contributed by atoms with van der Waals surface area (Å²) in [6.45, 7) is 2.08. The lowest BCUT2D eigenvalue weighted by atomic mass is 10.2. The van der Waals surface area contributed by atoms with E-state index in [-0.39, 0.29) is 12.3 Å². The van der Waals surface area contributed by atoms with E-state index in [0.717, 1.165) is 4.68 Å². The van der Waals surface area contributed by atoms with Gasteiger partial charge in [0.05, 0.1) is 18.9 Å².